The molecule has 1 aliphatic rings. The molecule has 0 radical (unpaired) electrons. The second-order valence-corrected chi connectivity index (χ2v) is 7.00. The molecule has 0 fully saturated rings. The van der Waals surface area contributed by atoms with Gasteiger partial charge in [0.25, 0.3) is 5.91 Å². The van der Waals surface area contributed by atoms with Crippen molar-refractivity contribution in [3.05, 3.63) is 53.1 Å². The zero-order valence-electron chi connectivity index (χ0n) is 16.9. The maximum absolute atomic E-state index is 12.5. The smallest absolute Gasteiger partial charge is 0.261 e. The van der Waals surface area contributed by atoms with Crippen LogP contribution >= 0.6 is 0 Å². The quantitative estimate of drug-likeness (QED) is 0.747. The molecule has 0 bridgehead atoms. The van der Waals surface area contributed by atoms with Gasteiger partial charge in [0.05, 0.1) is 13.7 Å². The number of carbonyl (C=O) groups excluding carboxylic acids is 1. The number of benzene rings is 2. The Morgan fingerprint density at radius 3 is 2.71 bits per heavy atom. The zero-order chi connectivity index (χ0) is 19.9. The summed E-state index contributed by atoms with van der Waals surface area (Å²) in [6.07, 6.45) is 3.95. The number of carbonyl (C=O) groups is 1. The number of rotatable bonds is 8. The molecule has 5 nitrogen and oxygen atoms in total. The average Bonchev–Trinajstić information content (AvgIpc) is 2.72. The summed E-state index contributed by atoms with van der Waals surface area (Å²) in [5, 5.41) is 2.95. The molecular weight excluding hydrogens is 354 g/mol. The van der Waals surface area contributed by atoms with E-state index >= 15 is 0 Å². The Balaban J connectivity index is 1.60. The van der Waals surface area contributed by atoms with Crippen molar-refractivity contribution in [3.63, 3.8) is 0 Å². The van der Waals surface area contributed by atoms with Crippen LogP contribution in [0, 0.1) is 0 Å². The minimum atomic E-state index is -0.557. The highest BCUT2D eigenvalue weighted by Gasteiger charge is 2.19. The van der Waals surface area contributed by atoms with Crippen molar-refractivity contribution in [1.29, 1.82) is 0 Å². The van der Waals surface area contributed by atoms with Crippen LogP contribution in [0.2, 0.25) is 0 Å². The van der Waals surface area contributed by atoms with Gasteiger partial charge >= 0.3 is 0 Å². The van der Waals surface area contributed by atoms with Gasteiger partial charge in [-0.15, -0.1) is 0 Å². The van der Waals surface area contributed by atoms with Gasteiger partial charge in [-0.1, -0.05) is 18.2 Å². The van der Waals surface area contributed by atoms with Crippen LogP contribution in [-0.2, 0) is 24.2 Å². The summed E-state index contributed by atoms with van der Waals surface area (Å²) in [7, 11) is 1.61. The van der Waals surface area contributed by atoms with E-state index in [1.807, 2.05) is 37.3 Å². The van der Waals surface area contributed by atoms with Crippen molar-refractivity contribution in [3.8, 4) is 17.2 Å². The fourth-order valence-corrected chi connectivity index (χ4v) is 3.53. The van der Waals surface area contributed by atoms with E-state index < -0.39 is 6.10 Å². The van der Waals surface area contributed by atoms with E-state index in [-0.39, 0.29) is 5.91 Å². The molecule has 0 saturated carbocycles. The van der Waals surface area contributed by atoms with Crippen molar-refractivity contribution >= 4 is 5.91 Å². The number of hydrogen-bond acceptors (Lipinski definition) is 4. The molecule has 0 aliphatic heterocycles. The predicted octanol–water partition coefficient (Wildman–Crippen LogP) is 4.06. The second kappa shape index (κ2) is 9.49. The maximum Gasteiger partial charge on any atom is 0.261 e. The van der Waals surface area contributed by atoms with Crippen molar-refractivity contribution in [2.75, 3.05) is 13.7 Å². The van der Waals surface area contributed by atoms with Gasteiger partial charge in [-0.05, 0) is 74.4 Å². The number of amides is 1. The van der Waals surface area contributed by atoms with Gasteiger partial charge in [0, 0.05) is 6.54 Å². The first-order chi connectivity index (χ1) is 13.6. The maximum atomic E-state index is 12.5. The van der Waals surface area contributed by atoms with Crippen LogP contribution < -0.4 is 19.5 Å². The number of hydrogen-bond donors (Lipinski definition) is 1. The standard InChI is InChI=1S/C23H29NO4/c1-4-27-22-14-17(12-13-21(22)26-3)15-24-23(25)16(2)28-20-11-7-9-18-8-5-6-10-19(18)20/h7,9,11-14,16H,4-6,8,10,15H2,1-3H3,(H,24,25)/t16-/m0/s1. The molecule has 1 N–H and O–H groups in total. The van der Waals surface area contributed by atoms with Crippen LogP contribution in [0.1, 0.15) is 43.4 Å². The van der Waals surface area contributed by atoms with Gasteiger partial charge in [0.15, 0.2) is 17.6 Å². The van der Waals surface area contributed by atoms with Crippen LogP contribution in [0.15, 0.2) is 36.4 Å². The third kappa shape index (κ3) is 4.77. The van der Waals surface area contributed by atoms with E-state index in [4.69, 9.17) is 14.2 Å². The van der Waals surface area contributed by atoms with Crippen LogP contribution in [0.4, 0.5) is 0 Å². The molecule has 0 aromatic heterocycles. The van der Waals surface area contributed by atoms with Crippen LogP contribution in [0.3, 0.4) is 0 Å². The molecule has 1 atom stereocenters. The molecule has 1 amide bonds. The number of aryl methyl sites for hydroxylation is 1. The highest BCUT2D eigenvalue weighted by atomic mass is 16.5. The normalized spacial score (nSPS) is 14.0. The Bertz CT molecular complexity index is 818. The lowest BCUT2D eigenvalue weighted by Gasteiger charge is -2.22. The number of nitrogens with one attached hydrogen (secondary N) is 1. The first-order valence-corrected chi connectivity index (χ1v) is 9.97. The summed E-state index contributed by atoms with van der Waals surface area (Å²) >= 11 is 0. The van der Waals surface area contributed by atoms with Gasteiger partial charge in [0.2, 0.25) is 0 Å². The monoisotopic (exact) mass is 383 g/mol. The third-order valence-corrected chi connectivity index (χ3v) is 5.02. The SMILES string of the molecule is CCOc1cc(CNC(=O)[C@H](C)Oc2cccc3c2CCCC3)ccc1OC. The summed E-state index contributed by atoms with van der Waals surface area (Å²) in [6.45, 7) is 4.67. The first-order valence-electron chi connectivity index (χ1n) is 9.97. The Hall–Kier alpha value is -2.69. The minimum absolute atomic E-state index is 0.137. The molecule has 150 valence electrons. The van der Waals surface area contributed by atoms with E-state index in [1.54, 1.807) is 14.0 Å². The summed E-state index contributed by atoms with van der Waals surface area (Å²) < 4.78 is 16.9. The summed E-state index contributed by atoms with van der Waals surface area (Å²) in [6, 6.07) is 11.8. The topological polar surface area (TPSA) is 56.8 Å². The fourth-order valence-electron chi connectivity index (χ4n) is 3.53. The number of ether oxygens (including phenoxy) is 3. The largest absolute Gasteiger partial charge is 0.493 e. The van der Waals surface area contributed by atoms with E-state index in [0.29, 0.717) is 24.7 Å². The molecule has 0 spiro atoms. The predicted molar refractivity (Wildman–Crippen MR) is 109 cm³/mol. The van der Waals surface area contributed by atoms with E-state index in [1.165, 1.54) is 24.0 Å². The van der Waals surface area contributed by atoms with Gasteiger partial charge in [0.1, 0.15) is 5.75 Å². The van der Waals surface area contributed by atoms with Crippen LogP contribution in [-0.4, -0.2) is 25.7 Å². The number of methoxy groups -OCH3 is 1. The molecule has 0 saturated heterocycles. The van der Waals surface area contributed by atoms with Crippen molar-refractivity contribution in [2.24, 2.45) is 0 Å². The Morgan fingerprint density at radius 2 is 1.93 bits per heavy atom. The van der Waals surface area contributed by atoms with Gasteiger partial charge < -0.3 is 19.5 Å². The Labute approximate surface area is 167 Å². The lowest BCUT2D eigenvalue weighted by Crippen LogP contribution is -2.36. The molecule has 2 aromatic rings. The van der Waals surface area contributed by atoms with Gasteiger partial charge in [-0.25, -0.2) is 0 Å². The molecule has 3 rings (SSSR count). The Kier molecular flexibility index (Phi) is 6.80. The van der Waals surface area contributed by atoms with Crippen LogP contribution in [0.25, 0.3) is 0 Å². The van der Waals surface area contributed by atoms with Crippen molar-refractivity contribution < 1.29 is 19.0 Å². The lowest BCUT2D eigenvalue weighted by molar-refractivity contribution is -0.127. The van der Waals surface area contributed by atoms with Crippen molar-refractivity contribution in [2.45, 2.75) is 52.2 Å². The minimum Gasteiger partial charge on any atom is -0.493 e. The van der Waals surface area contributed by atoms with Crippen LogP contribution in [0.5, 0.6) is 17.2 Å². The molecule has 5 heteroatoms. The second-order valence-electron chi connectivity index (χ2n) is 7.00. The zero-order valence-corrected chi connectivity index (χ0v) is 16.9. The molecule has 1 aliphatic carbocycles. The highest BCUT2D eigenvalue weighted by molar-refractivity contribution is 5.80. The average molecular weight is 383 g/mol. The molecule has 0 heterocycles. The highest BCUT2D eigenvalue weighted by Crippen LogP contribution is 2.30. The number of fused-ring (bicyclic) bond motifs is 1. The summed E-state index contributed by atoms with van der Waals surface area (Å²) in [5.74, 6) is 2.06. The molecule has 28 heavy (non-hydrogen) atoms. The van der Waals surface area contributed by atoms with Gasteiger partial charge in [-0.3, -0.25) is 4.79 Å². The summed E-state index contributed by atoms with van der Waals surface area (Å²) in [5.41, 5.74) is 3.55. The Morgan fingerprint density at radius 1 is 1.11 bits per heavy atom. The van der Waals surface area contributed by atoms with Gasteiger partial charge in [-0.2, -0.15) is 0 Å². The van der Waals surface area contributed by atoms with E-state index in [2.05, 4.69) is 11.4 Å². The summed E-state index contributed by atoms with van der Waals surface area (Å²) in [4.78, 5) is 12.5. The van der Waals surface area contributed by atoms with E-state index in [0.717, 1.165) is 24.2 Å². The molecular formula is C23H29NO4. The molecule has 0 unspecified atom stereocenters. The lowest BCUT2D eigenvalue weighted by atomic mass is 9.91. The van der Waals surface area contributed by atoms with E-state index in [9.17, 15) is 4.79 Å². The first kappa shape index (κ1) is 20.1. The third-order valence-electron chi connectivity index (χ3n) is 5.02. The fraction of sp³-hybridized carbons (Fsp3) is 0.435. The van der Waals surface area contributed by atoms with Crippen molar-refractivity contribution in [1.82, 2.24) is 5.32 Å². The molecule has 2 aromatic carbocycles.